The number of hydrogen-bond donors (Lipinski definition) is 0. The van der Waals surface area contributed by atoms with E-state index in [0.717, 1.165) is 116 Å². The van der Waals surface area contributed by atoms with E-state index in [2.05, 4.69) is 93.7 Å². The lowest BCUT2D eigenvalue weighted by Gasteiger charge is -2.18. The van der Waals surface area contributed by atoms with Gasteiger partial charge in [0.25, 0.3) is 0 Å². The molecule has 386 valence electrons. The van der Waals surface area contributed by atoms with E-state index in [9.17, 15) is 14.4 Å². The maximum absolute atomic E-state index is 12.8. The van der Waals surface area contributed by atoms with Crippen molar-refractivity contribution in [2.24, 2.45) is 0 Å². The maximum Gasteiger partial charge on any atom is 0.306 e. The Labute approximate surface area is 423 Å². The van der Waals surface area contributed by atoms with Crippen LogP contribution in [0.4, 0.5) is 0 Å². The average molecular weight is 951 g/mol. The number of esters is 3. The predicted molar refractivity (Wildman–Crippen MR) is 297 cm³/mol. The predicted octanol–water partition coefficient (Wildman–Crippen LogP) is 18.4. The fourth-order valence-corrected chi connectivity index (χ4v) is 6.99. The van der Waals surface area contributed by atoms with Crippen LogP contribution in [0.1, 0.15) is 213 Å². The third-order valence-electron chi connectivity index (χ3n) is 11.1. The number of carbonyl (C=O) groups excluding carboxylic acids is 3. The Balaban J connectivity index is 4.58. The molecule has 0 heterocycles. The van der Waals surface area contributed by atoms with Crippen molar-refractivity contribution in [3.8, 4) is 0 Å². The van der Waals surface area contributed by atoms with Crippen LogP contribution in [0.3, 0.4) is 0 Å². The van der Waals surface area contributed by atoms with Crippen molar-refractivity contribution in [3.05, 3.63) is 146 Å². The normalized spacial score (nSPS) is 13.3. The van der Waals surface area contributed by atoms with Crippen molar-refractivity contribution in [1.29, 1.82) is 0 Å². The van der Waals surface area contributed by atoms with Gasteiger partial charge in [-0.15, -0.1) is 0 Å². The summed E-state index contributed by atoms with van der Waals surface area (Å²) in [5.74, 6) is -0.994. The van der Waals surface area contributed by atoms with Crippen LogP contribution >= 0.6 is 0 Å². The molecule has 0 aliphatic rings. The molecule has 1 unspecified atom stereocenters. The molecule has 0 aliphatic heterocycles. The highest BCUT2D eigenvalue weighted by Crippen LogP contribution is 2.13. The van der Waals surface area contributed by atoms with Crippen LogP contribution in [0, 0.1) is 0 Å². The van der Waals surface area contributed by atoms with Crippen LogP contribution in [0.25, 0.3) is 0 Å². The Morgan fingerprint density at radius 3 is 1.06 bits per heavy atom. The lowest BCUT2D eigenvalue weighted by Crippen LogP contribution is -2.30. The topological polar surface area (TPSA) is 78.9 Å². The van der Waals surface area contributed by atoms with Crippen LogP contribution in [0.15, 0.2) is 146 Å². The zero-order chi connectivity index (χ0) is 50.0. The molecule has 0 radical (unpaired) electrons. The van der Waals surface area contributed by atoms with Crippen LogP contribution in [-0.4, -0.2) is 37.2 Å². The van der Waals surface area contributed by atoms with Crippen molar-refractivity contribution in [2.45, 2.75) is 219 Å². The van der Waals surface area contributed by atoms with E-state index in [1.54, 1.807) is 0 Å². The van der Waals surface area contributed by atoms with Crippen LogP contribution in [0.2, 0.25) is 0 Å². The van der Waals surface area contributed by atoms with Crippen molar-refractivity contribution in [1.82, 2.24) is 0 Å². The number of unbranched alkanes of at least 4 members (excludes halogenated alkanes) is 20. The van der Waals surface area contributed by atoms with Gasteiger partial charge in [-0.1, -0.05) is 250 Å². The summed E-state index contributed by atoms with van der Waals surface area (Å²) in [7, 11) is 0. The standard InChI is InChI=1S/C63H98O6/c1-4-7-10-13-16-19-22-25-28-30-32-34-35-38-41-44-47-50-53-56-62(65)68-59-60(58-67-61(64)55-52-49-46-43-40-37-27-24-21-18-15-12-9-6-3)69-63(66)57-54-51-48-45-42-39-36-33-31-29-26-23-20-17-14-11-8-5-2/h7,9-10,12-13,16,18-19,21-23,25-26,28-36,38,41,60H,4-6,8,11,14-15,17,20,24,27,37,39-40,42-59H2,1-3H3/b10-7-,12-9-,16-13-,21-18-,22-19-,26-23-,28-25-,31-29-,32-30+,35-34-,36-33-,41-38-. The molecule has 0 spiro atoms. The summed E-state index contributed by atoms with van der Waals surface area (Å²) >= 11 is 0. The Morgan fingerprint density at radius 1 is 0.319 bits per heavy atom. The first-order valence-electron chi connectivity index (χ1n) is 27.5. The van der Waals surface area contributed by atoms with E-state index in [4.69, 9.17) is 14.2 Å². The van der Waals surface area contributed by atoms with Crippen molar-refractivity contribution >= 4 is 17.9 Å². The first-order valence-corrected chi connectivity index (χ1v) is 27.5. The molecule has 0 fully saturated rings. The molecule has 0 aromatic heterocycles. The van der Waals surface area contributed by atoms with Gasteiger partial charge in [-0.3, -0.25) is 14.4 Å². The molecule has 0 saturated carbocycles. The summed E-state index contributed by atoms with van der Waals surface area (Å²) in [6, 6.07) is 0. The van der Waals surface area contributed by atoms with Gasteiger partial charge in [-0.25, -0.2) is 0 Å². The molecular formula is C63H98O6. The Hall–Kier alpha value is -4.71. The van der Waals surface area contributed by atoms with Gasteiger partial charge in [0.05, 0.1) is 0 Å². The van der Waals surface area contributed by atoms with Gasteiger partial charge in [0, 0.05) is 19.3 Å². The zero-order valence-corrected chi connectivity index (χ0v) is 44.0. The summed E-state index contributed by atoms with van der Waals surface area (Å²) in [6.45, 7) is 6.29. The Morgan fingerprint density at radius 2 is 0.638 bits per heavy atom. The second-order valence-corrected chi connectivity index (χ2v) is 17.6. The van der Waals surface area contributed by atoms with Gasteiger partial charge in [0.1, 0.15) is 13.2 Å². The van der Waals surface area contributed by atoms with Gasteiger partial charge in [0.15, 0.2) is 6.10 Å². The van der Waals surface area contributed by atoms with Crippen molar-refractivity contribution in [3.63, 3.8) is 0 Å². The molecule has 0 aromatic carbocycles. The highest BCUT2D eigenvalue weighted by Gasteiger charge is 2.19. The summed E-state index contributed by atoms with van der Waals surface area (Å²) in [4.78, 5) is 38.1. The van der Waals surface area contributed by atoms with Gasteiger partial charge in [-0.2, -0.15) is 0 Å². The van der Waals surface area contributed by atoms with Gasteiger partial charge < -0.3 is 14.2 Å². The third kappa shape index (κ3) is 54.1. The number of carbonyl (C=O) groups is 3. The van der Waals surface area contributed by atoms with Gasteiger partial charge in [0.2, 0.25) is 0 Å². The molecule has 0 aliphatic carbocycles. The summed E-state index contributed by atoms with van der Waals surface area (Å²) in [5, 5.41) is 0. The molecule has 0 amide bonds. The van der Waals surface area contributed by atoms with E-state index < -0.39 is 6.10 Å². The van der Waals surface area contributed by atoms with Crippen LogP contribution in [-0.2, 0) is 28.6 Å². The number of hydrogen-bond acceptors (Lipinski definition) is 6. The molecule has 0 N–H and O–H groups in total. The van der Waals surface area contributed by atoms with Gasteiger partial charge in [-0.05, 0) is 89.9 Å². The summed E-state index contributed by atoms with van der Waals surface area (Å²) in [5.41, 5.74) is 0. The second kappa shape index (κ2) is 55.9. The molecule has 6 nitrogen and oxygen atoms in total. The first-order chi connectivity index (χ1) is 34.0. The largest absolute Gasteiger partial charge is 0.462 e. The van der Waals surface area contributed by atoms with Crippen molar-refractivity contribution in [2.75, 3.05) is 13.2 Å². The summed E-state index contributed by atoms with van der Waals surface area (Å²) in [6.07, 6.45) is 79.6. The fraction of sp³-hybridized carbons (Fsp3) is 0.571. The highest BCUT2D eigenvalue weighted by molar-refractivity contribution is 5.71. The molecular weight excluding hydrogens is 853 g/mol. The van der Waals surface area contributed by atoms with Crippen LogP contribution in [0.5, 0.6) is 0 Å². The number of allylic oxidation sites excluding steroid dienone is 24. The molecule has 6 heteroatoms. The van der Waals surface area contributed by atoms with Crippen molar-refractivity contribution < 1.29 is 28.6 Å². The molecule has 0 saturated heterocycles. The van der Waals surface area contributed by atoms with E-state index >= 15 is 0 Å². The quantitative estimate of drug-likeness (QED) is 0.0199. The van der Waals surface area contributed by atoms with E-state index in [1.165, 1.54) is 57.8 Å². The van der Waals surface area contributed by atoms with Crippen LogP contribution < -0.4 is 0 Å². The first kappa shape index (κ1) is 64.3. The minimum atomic E-state index is -0.818. The minimum absolute atomic E-state index is 0.112. The molecule has 1 atom stereocenters. The lowest BCUT2D eigenvalue weighted by atomic mass is 10.1. The smallest absolute Gasteiger partial charge is 0.306 e. The maximum atomic E-state index is 12.8. The molecule has 0 aromatic rings. The molecule has 0 rings (SSSR count). The molecule has 69 heavy (non-hydrogen) atoms. The molecule has 0 bridgehead atoms. The average Bonchev–Trinajstić information content (AvgIpc) is 3.35. The number of ether oxygens (including phenoxy) is 3. The second-order valence-electron chi connectivity index (χ2n) is 17.6. The summed E-state index contributed by atoms with van der Waals surface area (Å²) < 4.78 is 16.8. The zero-order valence-electron chi connectivity index (χ0n) is 44.0. The SMILES string of the molecule is CC\C=C/C=C\C=C/C=C\C=C\C=C/C=C\CCCCCC(=O)OCC(COC(=O)CCCCCCCCC/C=C\C/C=C\CC)OC(=O)CCCCCCC\C=C/C=C\C=C/CCCCCCC. The van der Waals surface area contributed by atoms with E-state index in [-0.39, 0.29) is 37.5 Å². The minimum Gasteiger partial charge on any atom is -0.462 e. The Bertz CT molecular complexity index is 1560. The lowest BCUT2D eigenvalue weighted by molar-refractivity contribution is -0.167. The van der Waals surface area contributed by atoms with E-state index in [1.807, 2.05) is 72.9 Å². The third-order valence-corrected chi connectivity index (χ3v) is 11.1. The number of rotatable bonds is 47. The fourth-order valence-electron chi connectivity index (χ4n) is 6.99. The Kier molecular flexibility index (Phi) is 52.1. The highest BCUT2D eigenvalue weighted by atomic mass is 16.6. The van der Waals surface area contributed by atoms with Gasteiger partial charge >= 0.3 is 17.9 Å². The monoisotopic (exact) mass is 951 g/mol. The van der Waals surface area contributed by atoms with E-state index in [0.29, 0.717) is 12.8 Å².